The highest BCUT2D eigenvalue weighted by Crippen LogP contribution is 2.21. The first-order valence-corrected chi connectivity index (χ1v) is 7.27. The second-order valence-electron chi connectivity index (χ2n) is 5.64. The Kier molecular flexibility index (Phi) is 3.89. The summed E-state index contributed by atoms with van der Waals surface area (Å²) in [5.41, 5.74) is 6.51. The maximum atomic E-state index is 14.2. The van der Waals surface area contributed by atoms with Crippen LogP contribution in [0.1, 0.15) is 30.1 Å². The second kappa shape index (κ2) is 5.84. The lowest BCUT2D eigenvalue weighted by molar-refractivity contribution is 0.0618. The molecule has 0 saturated carbocycles. The predicted molar refractivity (Wildman–Crippen MR) is 79.0 cm³/mol. The Hall–Kier alpha value is -2.28. The molecule has 2 N–H and O–H groups in total. The van der Waals surface area contributed by atoms with Crippen LogP contribution in [0.2, 0.25) is 0 Å². The maximum Gasteiger partial charge on any atom is 0.254 e. The topological polar surface area (TPSA) is 77.0 Å². The average Bonchev–Trinajstić information content (AvgIpc) is 3.00. The van der Waals surface area contributed by atoms with E-state index >= 15 is 0 Å². The minimum Gasteiger partial charge on any atom is -0.336 e. The van der Waals surface area contributed by atoms with E-state index in [2.05, 4.69) is 10.1 Å². The van der Waals surface area contributed by atoms with E-state index in [1.54, 1.807) is 11.0 Å². The molecule has 2 atom stereocenters. The molecular weight excluding hydrogens is 285 g/mol. The van der Waals surface area contributed by atoms with Crippen molar-refractivity contribution < 1.29 is 9.18 Å². The van der Waals surface area contributed by atoms with Gasteiger partial charge in [-0.05, 0) is 38.0 Å². The van der Waals surface area contributed by atoms with Crippen molar-refractivity contribution in [3.05, 3.63) is 42.2 Å². The first-order valence-electron chi connectivity index (χ1n) is 7.27. The molecule has 0 aliphatic carbocycles. The van der Waals surface area contributed by atoms with E-state index in [0.717, 1.165) is 12.8 Å². The monoisotopic (exact) mass is 303 g/mol. The Morgan fingerprint density at radius 3 is 2.91 bits per heavy atom. The molecular formula is C15H18FN5O. The SMILES string of the molecule is C[C@@H]1C[C@H](N)CCN1C(=O)c1ccc(-n2cncn2)c(F)c1. The van der Waals surface area contributed by atoms with E-state index in [0.29, 0.717) is 12.1 Å². The van der Waals surface area contributed by atoms with Gasteiger partial charge < -0.3 is 10.6 Å². The molecule has 0 radical (unpaired) electrons. The van der Waals surface area contributed by atoms with Crippen molar-refractivity contribution >= 4 is 5.91 Å². The molecule has 116 valence electrons. The quantitative estimate of drug-likeness (QED) is 0.908. The van der Waals surface area contributed by atoms with Crippen molar-refractivity contribution in [3.63, 3.8) is 0 Å². The van der Waals surface area contributed by atoms with E-state index in [-0.39, 0.29) is 23.7 Å². The van der Waals surface area contributed by atoms with E-state index < -0.39 is 5.82 Å². The number of likely N-dealkylation sites (tertiary alicyclic amines) is 1. The molecule has 2 heterocycles. The van der Waals surface area contributed by atoms with Gasteiger partial charge >= 0.3 is 0 Å². The van der Waals surface area contributed by atoms with Crippen LogP contribution in [0.25, 0.3) is 5.69 Å². The number of piperidine rings is 1. The highest BCUT2D eigenvalue weighted by Gasteiger charge is 2.28. The van der Waals surface area contributed by atoms with Crippen molar-refractivity contribution in [3.8, 4) is 5.69 Å². The lowest BCUT2D eigenvalue weighted by Crippen LogP contribution is -2.48. The van der Waals surface area contributed by atoms with Crippen LogP contribution in [0.15, 0.2) is 30.9 Å². The third-order valence-corrected chi connectivity index (χ3v) is 4.04. The van der Waals surface area contributed by atoms with Crippen LogP contribution in [0, 0.1) is 5.82 Å². The number of carbonyl (C=O) groups excluding carboxylic acids is 1. The van der Waals surface area contributed by atoms with Gasteiger partial charge in [0.05, 0.1) is 0 Å². The fourth-order valence-corrected chi connectivity index (χ4v) is 2.83. The summed E-state index contributed by atoms with van der Waals surface area (Å²) >= 11 is 0. The van der Waals surface area contributed by atoms with Gasteiger partial charge in [-0.1, -0.05) is 0 Å². The molecule has 0 bridgehead atoms. The van der Waals surface area contributed by atoms with Crippen molar-refractivity contribution in [1.29, 1.82) is 0 Å². The molecule has 0 unspecified atom stereocenters. The van der Waals surface area contributed by atoms with Gasteiger partial charge in [0, 0.05) is 24.2 Å². The van der Waals surface area contributed by atoms with Gasteiger partial charge in [-0.2, -0.15) is 5.10 Å². The second-order valence-corrected chi connectivity index (χ2v) is 5.64. The Bertz CT molecular complexity index is 673. The minimum atomic E-state index is -0.502. The van der Waals surface area contributed by atoms with E-state index in [1.165, 1.54) is 29.5 Å². The normalized spacial score (nSPS) is 21.9. The summed E-state index contributed by atoms with van der Waals surface area (Å²) in [4.78, 5) is 18.1. The molecule has 1 aromatic carbocycles. The lowest BCUT2D eigenvalue weighted by atomic mass is 9.98. The molecule has 22 heavy (non-hydrogen) atoms. The van der Waals surface area contributed by atoms with Crippen molar-refractivity contribution in [2.24, 2.45) is 5.73 Å². The third-order valence-electron chi connectivity index (χ3n) is 4.04. The number of amides is 1. The summed E-state index contributed by atoms with van der Waals surface area (Å²) < 4.78 is 15.5. The molecule has 3 rings (SSSR count). The molecule has 6 nitrogen and oxygen atoms in total. The summed E-state index contributed by atoms with van der Waals surface area (Å²) in [6.07, 6.45) is 4.28. The standard InChI is InChI=1S/C15H18FN5O/c1-10-6-12(17)4-5-20(10)15(22)11-2-3-14(13(16)7-11)21-9-18-8-19-21/h2-3,7-10,12H,4-6,17H2,1H3/t10-,12-/m1/s1. The van der Waals surface area contributed by atoms with Gasteiger partial charge in [0.15, 0.2) is 0 Å². The third kappa shape index (κ3) is 2.71. The van der Waals surface area contributed by atoms with Gasteiger partial charge in [0.2, 0.25) is 0 Å². The molecule has 1 aliphatic heterocycles. The van der Waals surface area contributed by atoms with Crippen molar-refractivity contribution in [2.45, 2.75) is 31.8 Å². The number of hydrogen-bond donors (Lipinski definition) is 1. The van der Waals surface area contributed by atoms with Crippen LogP contribution in [0.4, 0.5) is 4.39 Å². The number of rotatable bonds is 2. The Morgan fingerprint density at radius 1 is 1.45 bits per heavy atom. The first-order chi connectivity index (χ1) is 10.6. The molecule has 1 amide bonds. The molecule has 1 saturated heterocycles. The summed E-state index contributed by atoms with van der Waals surface area (Å²) in [6, 6.07) is 4.60. The minimum absolute atomic E-state index is 0.0642. The number of aromatic nitrogens is 3. The summed E-state index contributed by atoms with van der Waals surface area (Å²) in [5.74, 6) is -0.666. The summed E-state index contributed by atoms with van der Waals surface area (Å²) in [7, 11) is 0. The van der Waals surface area contributed by atoms with Crippen molar-refractivity contribution in [1.82, 2.24) is 19.7 Å². The number of benzene rings is 1. The van der Waals surface area contributed by atoms with Crippen molar-refractivity contribution in [2.75, 3.05) is 6.54 Å². The summed E-state index contributed by atoms with van der Waals surface area (Å²) in [6.45, 7) is 2.57. The van der Waals surface area contributed by atoms with E-state index in [4.69, 9.17) is 5.73 Å². The fourth-order valence-electron chi connectivity index (χ4n) is 2.83. The summed E-state index contributed by atoms with van der Waals surface area (Å²) in [5, 5.41) is 3.89. The fraction of sp³-hybridized carbons (Fsp3) is 0.400. The Labute approximate surface area is 127 Å². The van der Waals surface area contributed by atoms with Gasteiger partial charge in [0.1, 0.15) is 24.2 Å². The maximum absolute atomic E-state index is 14.2. The molecule has 1 aromatic heterocycles. The number of nitrogens with two attached hydrogens (primary N) is 1. The number of nitrogens with zero attached hydrogens (tertiary/aromatic N) is 4. The highest BCUT2D eigenvalue weighted by molar-refractivity contribution is 5.94. The van der Waals surface area contributed by atoms with Gasteiger partial charge in [-0.3, -0.25) is 4.79 Å². The molecule has 2 aromatic rings. The molecule has 7 heteroatoms. The predicted octanol–water partition coefficient (Wildman–Crippen LogP) is 1.36. The number of carbonyl (C=O) groups is 1. The largest absolute Gasteiger partial charge is 0.336 e. The number of hydrogen-bond acceptors (Lipinski definition) is 4. The van der Waals surface area contributed by atoms with E-state index in [1.807, 2.05) is 6.92 Å². The van der Waals surface area contributed by atoms with Crippen LogP contribution in [-0.4, -0.2) is 44.2 Å². The van der Waals surface area contributed by atoms with Crippen LogP contribution >= 0.6 is 0 Å². The zero-order chi connectivity index (χ0) is 15.7. The Balaban J connectivity index is 1.83. The molecule has 0 spiro atoms. The zero-order valence-corrected chi connectivity index (χ0v) is 12.3. The number of halogens is 1. The van der Waals surface area contributed by atoms with E-state index in [9.17, 15) is 9.18 Å². The van der Waals surface area contributed by atoms with Gasteiger partial charge in [-0.15, -0.1) is 0 Å². The van der Waals surface area contributed by atoms with Crippen LogP contribution in [0.5, 0.6) is 0 Å². The van der Waals surface area contributed by atoms with Gasteiger partial charge in [0.25, 0.3) is 5.91 Å². The van der Waals surface area contributed by atoms with Crippen LogP contribution in [0.3, 0.4) is 0 Å². The van der Waals surface area contributed by atoms with Crippen LogP contribution in [-0.2, 0) is 0 Å². The smallest absolute Gasteiger partial charge is 0.254 e. The van der Waals surface area contributed by atoms with Gasteiger partial charge in [-0.25, -0.2) is 14.1 Å². The molecule has 1 fully saturated rings. The Morgan fingerprint density at radius 2 is 2.27 bits per heavy atom. The average molecular weight is 303 g/mol. The lowest BCUT2D eigenvalue weighted by Gasteiger charge is -2.36. The highest BCUT2D eigenvalue weighted by atomic mass is 19.1. The zero-order valence-electron chi connectivity index (χ0n) is 12.3. The van der Waals surface area contributed by atoms with Crippen LogP contribution < -0.4 is 5.73 Å². The molecule has 1 aliphatic rings. The first kappa shape index (κ1) is 14.6.